The second kappa shape index (κ2) is 8.83. The van der Waals surface area contributed by atoms with Gasteiger partial charge in [0.05, 0.1) is 0 Å². The predicted octanol–water partition coefficient (Wildman–Crippen LogP) is 2.76. The molecule has 0 spiro atoms. The van der Waals surface area contributed by atoms with E-state index in [1.54, 1.807) is 6.07 Å². The minimum Gasteiger partial charge on any atom is -0.352 e. The second-order valence-electron chi connectivity index (χ2n) is 7.44. The normalized spacial score (nSPS) is 16.5. The monoisotopic (exact) mass is 433 g/mol. The molecule has 1 atom stereocenters. The first-order valence-corrected chi connectivity index (χ1v) is 11.2. The van der Waals surface area contributed by atoms with E-state index in [-0.39, 0.29) is 29.1 Å². The van der Waals surface area contributed by atoms with E-state index in [1.165, 1.54) is 35.2 Å². The SMILES string of the molecule is CC(C)NC(=O)C1CCCN1C(=O)c1cccc(NS(=O)(=O)c2ccccc2F)c1. The maximum atomic E-state index is 13.9. The summed E-state index contributed by atoms with van der Waals surface area (Å²) in [5.41, 5.74) is 0.375. The molecule has 1 heterocycles. The van der Waals surface area contributed by atoms with E-state index >= 15 is 0 Å². The molecular weight excluding hydrogens is 409 g/mol. The number of carbonyl (C=O) groups excluding carboxylic acids is 2. The number of rotatable bonds is 6. The zero-order valence-corrected chi connectivity index (χ0v) is 17.6. The van der Waals surface area contributed by atoms with Gasteiger partial charge in [-0.3, -0.25) is 14.3 Å². The van der Waals surface area contributed by atoms with E-state index < -0.39 is 26.8 Å². The highest BCUT2D eigenvalue weighted by Gasteiger charge is 2.34. The van der Waals surface area contributed by atoms with Crippen molar-refractivity contribution in [1.29, 1.82) is 0 Å². The van der Waals surface area contributed by atoms with Crippen LogP contribution in [0.4, 0.5) is 10.1 Å². The fourth-order valence-corrected chi connectivity index (χ4v) is 4.55. The van der Waals surface area contributed by atoms with Crippen LogP contribution < -0.4 is 10.0 Å². The summed E-state index contributed by atoms with van der Waals surface area (Å²) >= 11 is 0. The summed E-state index contributed by atoms with van der Waals surface area (Å²) in [5.74, 6) is -1.43. The van der Waals surface area contributed by atoms with Crippen LogP contribution >= 0.6 is 0 Å². The number of likely N-dealkylation sites (tertiary alicyclic amines) is 1. The smallest absolute Gasteiger partial charge is 0.264 e. The Kier molecular flexibility index (Phi) is 6.40. The van der Waals surface area contributed by atoms with Crippen molar-refractivity contribution in [2.45, 2.75) is 43.7 Å². The Morgan fingerprint density at radius 2 is 1.87 bits per heavy atom. The molecule has 2 aromatic rings. The number of carbonyl (C=O) groups is 2. The van der Waals surface area contributed by atoms with Gasteiger partial charge in [-0.15, -0.1) is 0 Å². The van der Waals surface area contributed by atoms with Crippen molar-refractivity contribution in [2.24, 2.45) is 0 Å². The Hall–Kier alpha value is -2.94. The lowest BCUT2D eigenvalue weighted by molar-refractivity contribution is -0.125. The quantitative estimate of drug-likeness (QED) is 0.732. The van der Waals surface area contributed by atoms with Crippen LogP contribution in [0.15, 0.2) is 53.4 Å². The Morgan fingerprint density at radius 3 is 2.57 bits per heavy atom. The molecule has 0 bridgehead atoms. The van der Waals surface area contributed by atoms with Crippen LogP contribution in [0.2, 0.25) is 0 Å². The zero-order valence-electron chi connectivity index (χ0n) is 16.8. The molecule has 30 heavy (non-hydrogen) atoms. The number of hydrogen-bond acceptors (Lipinski definition) is 4. The maximum Gasteiger partial charge on any atom is 0.264 e. The van der Waals surface area contributed by atoms with Gasteiger partial charge in [-0.25, -0.2) is 12.8 Å². The van der Waals surface area contributed by atoms with Gasteiger partial charge in [0.2, 0.25) is 5.91 Å². The summed E-state index contributed by atoms with van der Waals surface area (Å²) < 4.78 is 41.2. The molecule has 1 unspecified atom stereocenters. The third kappa shape index (κ3) is 4.79. The van der Waals surface area contributed by atoms with Gasteiger partial charge >= 0.3 is 0 Å². The van der Waals surface area contributed by atoms with Crippen molar-refractivity contribution in [3.8, 4) is 0 Å². The lowest BCUT2D eigenvalue weighted by Gasteiger charge is -2.25. The van der Waals surface area contributed by atoms with Crippen molar-refractivity contribution in [1.82, 2.24) is 10.2 Å². The first-order valence-electron chi connectivity index (χ1n) is 9.68. The molecule has 9 heteroatoms. The molecule has 0 aliphatic carbocycles. The van der Waals surface area contributed by atoms with Gasteiger partial charge in [0.25, 0.3) is 15.9 Å². The molecule has 1 aliphatic rings. The second-order valence-corrected chi connectivity index (χ2v) is 9.09. The first-order chi connectivity index (χ1) is 14.2. The highest BCUT2D eigenvalue weighted by atomic mass is 32.2. The Bertz CT molecular complexity index is 1060. The van der Waals surface area contributed by atoms with Gasteiger partial charge in [0.15, 0.2) is 0 Å². The Labute approximate surface area is 175 Å². The highest BCUT2D eigenvalue weighted by molar-refractivity contribution is 7.92. The molecule has 7 nitrogen and oxygen atoms in total. The lowest BCUT2D eigenvalue weighted by Crippen LogP contribution is -2.47. The highest BCUT2D eigenvalue weighted by Crippen LogP contribution is 2.23. The molecule has 2 aromatic carbocycles. The van der Waals surface area contributed by atoms with Crippen LogP contribution in [0.25, 0.3) is 0 Å². The molecule has 160 valence electrons. The molecule has 2 N–H and O–H groups in total. The van der Waals surface area contributed by atoms with Crippen LogP contribution in [0.1, 0.15) is 37.0 Å². The summed E-state index contributed by atoms with van der Waals surface area (Å²) in [6.07, 6.45) is 1.28. The molecular formula is C21H24FN3O4S. The van der Waals surface area contributed by atoms with E-state index in [1.807, 2.05) is 13.8 Å². The molecule has 0 aromatic heterocycles. The van der Waals surface area contributed by atoms with E-state index in [9.17, 15) is 22.4 Å². The van der Waals surface area contributed by atoms with Crippen molar-refractivity contribution >= 4 is 27.5 Å². The van der Waals surface area contributed by atoms with Crippen molar-refractivity contribution in [2.75, 3.05) is 11.3 Å². The number of nitrogens with zero attached hydrogens (tertiary/aromatic N) is 1. The van der Waals surface area contributed by atoms with Crippen LogP contribution in [-0.4, -0.2) is 43.8 Å². The Balaban J connectivity index is 1.80. The number of nitrogens with one attached hydrogen (secondary N) is 2. The average molecular weight is 434 g/mol. The van der Waals surface area contributed by atoms with Crippen LogP contribution in [0, 0.1) is 5.82 Å². The largest absolute Gasteiger partial charge is 0.352 e. The molecule has 3 rings (SSSR count). The van der Waals surface area contributed by atoms with Crippen LogP contribution in [0.5, 0.6) is 0 Å². The van der Waals surface area contributed by atoms with Gasteiger partial charge < -0.3 is 10.2 Å². The number of amides is 2. The van der Waals surface area contributed by atoms with Crippen molar-refractivity contribution in [3.05, 3.63) is 59.9 Å². The zero-order chi connectivity index (χ0) is 21.9. The third-order valence-corrected chi connectivity index (χ3v) is 6.15. The number of anilines is 1. The van der Waals surface area contributed by atoms with Crippen LogP contribution in [-0.2, 0) is 14.8 Å². The fraction of sp³-hybridized carbons (Fsp3) is 0.333. The van der Waals surface area contributed by atoms with E-state index in [4.69, 9.17) is 0 Å². The molecule has 2 amide bonds. The minimum absolute atomic E-state index is 0.0360. The van der Waals surface area contributed by atoms with Crippen molar-refractivity contribution < 1.29 is 22.4 Å². The van der Waals surface area contributed by atoms with E-state index in [0.717, 1.165) is 12.1 Å². The summed E-state index contributed by atoms with van der Waals surface area (Å²) in [7, 11) is -4.16. The number of hydrogen-bond donors (Lipinski definition) is 2. The fourth-order valence-electron chi connectivity index (χ4n) is 3.42. The van der Waals surface area contributed by atoms with Crippen molar-refractivity contribution in [3.63, 3.8) is 0 Å². The van der Waals surface area contributed by atoms with Gasteiger partial charge in [0, 0.05) is 23.8 Å². The minimum atomic E-state index is -4.16. The molecule has 0 radical (unpaired) electrons. The summed E-state index contributed by atoms with van der Waals surface area (Å²) in [5, 5.41) is 2.83. The number of sulfonamides is 1. The Morgan fingerprint density at radius 1 is 1.13 bits per heavy atom. The molecule has 1 saturated heterocycles. The van der Waals surface area contributed by atoms with Crippen LogP contribution in [0.3, 0.4) is 0 Å². The molecule has 0 saturated carbocycles. The predicted molar refractivity (Wildman–Crippen MR) is 111 cm³/mol. The number of benzene rings is 2. The average Bonchev–Trinajstić information content (AvgIpc) is 3.17. The molecule has 1 fully saturated rings. The summed E-state index contributed by atoms with van der Waals surface area (Å²) in [6, 6.07) is 10.4. The summed E-state index contributed by atoms with van der Waals surface area (Å²) in [6.45, 7) is 4.15. The van der Waals surface area contributed by atoms with E-state index in [0.29, 0.717) is 19.4 Å². The van der Waals surface area contributed by atoms with Gasteiger partial charge in [0.1, 0.15) is 16.8 Å². The molecule has 1 aliphatic heterocycles. The maximum absolute atomic E-state index is 13.9. The van der Waals surface area contributed by atoms with Gasteiger partial charge in [-0.2, -0.15) is 0 Å². The topological polar surface area (TPSA) is 95.6 Å². The lowest BCUT2D eigenvalue weighted by atomic mass is 10.1. The van der Waals surface area contributed by atoms with E-state index in [2.05, 4.69) is 10.0 Å². The standard InChI is InChI=1S/C21H24FN3O4S/c1-14(2)23-20(26)18-10-6-12-25(18)21(27)15-7-5-8-16(13-15)24-30(28,29)19-11-4-3-9-17(19)22/h3-5,7-9,11,13-14,18,24H,6,10,12H2,1-2H3,(H,23,26). The third-order valence-electron chi connectivity index (χ3n) is 4.74. The number of halogens is 1. The van der Waals surface area contributed by atoms with Gasteiger partial charge in [-0.05, 0) is 57.0 Å². The first kappa shape index (κ1) is 21.8. The summed E-state index contributed by atoms with van der Waals surface area (Å²) in [4.78, 5) is 26.4. The van der Waals surface area contributed by atoms with Gasteiger partial charge in [-0.1, -0.05) is 18.2 Å².